The molecule has 5 aliphatic carbocycles. The second-order valence-electron chi connectivity index (χ2n) is 13.3. The summed E-state index contributed by atoms with van der Waals surface area (Å²) in [7, 11) is 3.46. The van der Waals surface area contributed by atoms with Crippen LogP contribution in [0.5, 0.6) is 0 Å². The Hall–Kier alpha value is -3.70. The van der Waals surface area contributed by atoms with Gasteiger partial charge in [0.15, 0.2) is 5.69 Å². The van der Waals surface area contributed by atoms with Crippen LogP contribution in [0.15, 0.2) is 24.4 Å². The Morgan fingerprint density at radius 2 is 1.72 bits per heavy atom. The minimum atomic E-state index is -4.96. The number of aliphatic carboxylic acids is 1. The third-order valence-electron chi connectivity index (χ3n) is 10.6. The number of hydrogen-bond donors (Lipinski definition) is 2. The lowest BCUT2D eigenvalue weighted by atomic mass is 9.48. The SMILES string of the molecule is CN(C)C(=O)C1CC1c1ccc2c(c1)CCN2c1ncc(C(=O)NC2(C(=O)O)C3CC4CC(C3)CC2C4)c(C(F)(F)F)n1. The topological polar surface area (TPSA) is 116 Å². The van der Waals surface area contributed by atoms with Gasteiger partial charge in [-0.2, -0.15) is 13.2 Å². The van der Waals surface area contributed by atoms with Gasteiger partial charge in [0.25, 0.3) is 5.91 Å². The molecule has 5 fully saturated rings. The molecule has 4 bridgehead atoms. The van der Waals surface area contributed by atoms with Crippen LogP contribution in [0, 0.1) is 29.6 Å². The first-order valence-electron chi connectivity index (χ1n) is 15.0. The van der Waals surface area contributed by atoms with Gasteiger partial charge in [-0.25, -0.2) is 14.8 Å². The van der Waals surface area contributed by atoms with E-state index in [-0.39, 0.29) is 35.5 Å². The first kappa shape index (κ1) is 28.1. The third-order valence-corrected chi connectivity index (χ3v) is 10.6. The molecule has 2 aromatic rings. The van der Waals surface area contributed by atoms with Gasteiger partial charge in [0.05, 0.1) is 5.56 Å². The molecular formula is C31H34F3N5O4. The minimum absolute atomic E-state index is 0.0546. The van der Waals surface area contributed by atoms with Crippen LogP contribution >= 0.6 is 0 Å². The van der Waals surface area contributed by atoms with Crippen LogP contribution < -0.4 is 10.2 Å². The lowest BCUT2D eigenvalue weighted by molar-refractivity contribution is -0.163. The Bertz CT molecular complexity index is 1500. The van der Waals surface area contributed by atoms with Crippen molar-refractivity contribution < 1.29 is 32.7 Å². The van der Waals surface area contributed by atoms with Crippen LogP contribution in [0.4, 0.5) is 24.8 Å². The van der Waals surface area contributed by atoms with Crippen molar-refractivity contribution in [2.75, 3.05) is 25.5 Å². The number of amides is 2. The Labute approximate surface area is 246 Å². The molecule has 8 rings (SSSR count). The molecule has 2 N–H and O–H groups in total. The standard InChI is InChI=1S/C31H34F3N5O4/c1-38(2)27(41)22-13-21(22)17-3-4-24-18(12-17)5-6-39(24)29-35-14-23(25(36-29)31(32,33)34)26(40)37-30(28(42)43)19-8-15-7-16(10-19)11-20(30)9-15/h3-4,12,14-16,19-22H,5-11,13H2,1-2H3,(H,37,40)(H,42,43). The molecule has 0 saturated heterocycles. The molecule has 9 nitrogen and oxygen atoms in total. The smallest absolute Gasteiger partial charge is 0.434 e. The van der Waals surface area contributed by atoms with Crippen molar-refractivity contribution in [2.24, 2.45) is 29.6 Å². The summed E-state index contributed by atoms with van der Waals surface area (Å²) in [5.41, 5.74) is -1.09. The highest BCUT2D eigenvalue weighted by atomic mass is 19.4. The first-order valence-corrected chi connectivity index (χ1v) is 15.0. The number of carboxylic acid groups (broad SMARTS) is 1. The second-order valence-corrected chi connectivity index (χ2v) is 13.3. The van der Waals surface area contributed by atoms with Gasteiger partial charge in [-0.1, -0.05) is 12.1 Å². The number of halogens is 3. The van der Waals surface area contributed by atoms with Crippen molar-refractivity contribution >= 4 is 29.4 Å². The van der Waals surface area contributed by atoms with E-state index in [1.807, 2.05) is 18.2 Å². The fourth-order valence-corrected chi connectivity index (χ4v) is 8.70. The van der Waals surface area contributed by atoms with E-state index in [0.717, 1.165) is 30.2 Å². The largest absolute Gasteiger partial charge is 0.479 e. The maximum absolute atomic E-state index is 14.4. The van der Waals surface area contributed by atoms with Crippen molar-refractivity contribution in [1.29, 1.82) is 0 Å². The molecule has 1 aromatic carbocycles. The molecule has 43 heavy (non-hydrogen) atoms. The summed E-state index contributed by atoms with van der Waals surface area (Å²) in [5.74, 6) is -2.10. The highest BCUT2D eigenvalue weighted by Crippen LogP contribution is 2.58. The number of fused-ring (bicyclic) bond motifs is 1. The third kappa shape index (κ3) is 4.47. The van der Waals surface area contributed by atoms with E-state index in [9.17, 15) is 32.7 Å². The fraction of sp³-hybridized carbons (Fsp3) is 0.581. The number of aromatic nitrogens is 2. The number of anilines is 2. The summed E-state index contributed by atoms with van der Waals surface area (Å²) >= 11 is 0. The number of carboxylic acids is 1. The molecule has 0 spiro atoms. The fourth-order valence-electron chi connectivity index (χ4n) is 8.70. The monoisotopic (exact) mass is 597 g/mol. The van der Waals surface area contributed by atoms with Crippen molar-refractivity contribution in [3.05, 3.63) is 46.8 Å². The Morgan fingerprint density at radius 1 is 1.05 bits per heavy atom. The summed E-state index contributed by atoms with van der Waals surface area (Å²) in [6.45, 7) is 0.361. The number of carbonyl (C=O) groups is 3. The number of hydrogen-bond acceptors (Lipinski definition) is 6. The molecule has 228 valence electrons. The van der Waals surface area contributed by atoms with Gasteiger partial charge in [0, 0.05) is 38.4 Å². The van der Waals surface area contributed by atoms with Gasteiger partial charge in [0.1, 0.15) is 5.54 Å². The number of nitrogens with zero attached hydrogens (tertiary/aromatic N) is 4. The van der Waals surface area contributed by atoms with E-state index in [1.54, 1.807) is 23.9 Å². The Kier molecular flexibility index (Phi) is 6.31. The quantitative estimate of drug-likeness (QED) is 0.508. The van der Waals surface area contributed by atoms with Gasteiger partial charge in [-0.15, -0.1) is 0 Å². The van der Waals surface area contributed by atoms with E-state index in [0.29, 0.717) is 56.2 Å². The second kappa shape index (κ2) is 9.65. The van der Waals surface area contributed by atoms with Crippen molar-refractivity contribution in [3.8, 4) is 0 Å². The minimum Gasteiger partial charge on any atom is -0.479 e. The molecule has 1 aromatic heterocycles. The van der Waals surface area contributed by atoms with Gasteiger partial charge in [-0.3, -0.25) is 9.59 Å². The maximum Gasteiger partial charge on any atom is 0.434 e. The Morgan fingerprint density at radius 3 is 2.33 bits per heavy atom. The highest BCUT2D eigenvalue weighted by Gasteiger charge is 2.62. The van der Waals surface area contributed by atoms with E-state index in [4.69, 9.17) is 0 Å². The van der Waals surface area contributed by atoms with Crippen LogP contribution in [0.2, 0.25) is 0 Å². The summed E-state index contributed by atoms with van der Waals surface area (Å²) in [6.07, 6.45) is 0.942. The number of carbonyl (C=O) groups excluding carboxylic acids is 2. The molecule has 2 atom stereocenters. The number of nitrogens with one attached hydrogen (secondary N) is 1. The molecule has 2 heterocycles. The molecule has 2 unspecified atom stereocenters. The number of rotatable bonds is 6. The normalized spacial score (nSPS) is 32.0. The number of benzene rings is 1. The summed E-state index contributed by atoms with van der Waals surface area (Å²) in [4.78, 5) is 49.7. The average molecular weight is 598 g/mol. The van der Waals surface area contributed by atoms with Crippen LogP contribution in [0.3, 0.4) is 0 Å². The number of alkyl halides is 3. The average Bonchev–Trinajstić information content (AvgIpc) is 3.64. The van der Waals surface area contributed by atoms with E-state index >= 15 is 0 Å². The summed E-state index contributed by atoms with van der Waals surface area (Å²) in [6, 6.07) is 5.73. The molecule has 2 amide bonds. The molecule has 12 heteroatoms. The zero-order chi connectivity index (χ0) is 30.4. The lowest BCUT2D eigenvalue weighted by Crippen LogP contribution is -2.70. The van der Waals surface area contributed by atoms with Gasteiger partial charge >= 0.3 is 12.1 Å². The lowest BCUT2D eigenvalue weighted by Gasteiger charge is -2.59. The Balaban J connectivity index is 1.16. The molecule has 6 aliphatic rings. The van der Waals surface area contributed by atoms with Crippen molar-refractivity contribution in [3.63, 3.8) is 0 Å². The zero-order valence-corrected chi connectivity index (χ0v) is 24.0. The molecular weight excluding hydrogens is 563 g/mol. The van der Waals surface area contributed by atoms with Crippen LogP contribution in [-0.4, -0.2) is 63.9 Å². The maximum atomic E-state index is 14.4. The highest BCUT2D eigenvalue weighted by molar-refractivity contribution is 5.99. The summed E-state index contributed by atoms with van der Waals surface area (Å²) in [5, 5.41) is 12.9. The zero-order valence-electron chi connectivity index (χ0n) is 24.0. The summed E-state index contributed by atoms with van der Waals surface area (Å²) < 4.78 is 43.1. The van der Waals surface area contributed by atoms with Gasteiger partial charge < -0.3 is 20.2 Å². The molecule has 0 radical (unpaired) electrons. The molecule has 5 saturated carbocycles. The van der Waals surface area contributed by atoms with Gasteiger partial charge in [-0.05, 0) is 91.7 Å². The van der Waals surface area contributed by atoms with Crippen molar-refractivity contribution in [2.45, 2.75) is 62.6 Å². The van der Waals surface area contributed by atoms with Crippen LogP contribution in [0.1, 0.15) is 71.6 Å². The predicted octanol–water partition coefficient (Wildman–Crippen LogP) is 4.39. The van der Waals surface area contributed by atoms with Crippen LogP contribution in [-0.2, 0) is 22.2 Å². The van der Waals surface area contributed by atoms with E-state index in [1.165, 1.54) is 0 Å². The van der Waals surface area contributed by atoms with E-state index < -0.39 is 34.8 Å². The molecule has 1 aliphatic heterocycles. The van der Waals surface area contributed by atoms with Gasteiger partial charge in [0.2, 0.25) is 11.9 Å². The predicted molar refractivity (Wildman–Crippen MR) is 149 cm³/mol. The van der Waals surface area contributed by atoms with Crippen LogP contribution in [0.25, 0.3) is 0 Å². The van der Waals surface area contributed by atoms with Crippen molar-refractivity contribution in [1.82, 2.24) is 20.2 Å². The van der Waals surface area contributed by atoms with E-state index in [2.05, 4.69) is 15.3 Å². The first-order chi connectivity index (χ1) is 20.4.